The lowest BCUT2D eigenvalue weighted by Crippen LogP contribution is -2.38. The summed E-state index contributed by atoms with van der Waals surface area (Å²) in [6.07, 6.45) is 5.18. The van der Waals surface area contributed by atoms with Gasteiger partial charge < -0.3 is 10.6 Å². The highest BCUT2D eigenvalue weighted by Gasteiger charge is 2.30. The summed E-state index contributed by atoms with van der Waals surface area (Å²) >= 11 is 1.73. The van der Waals surface area contributed by atoms with E-state index in [1.807, 2.05) is 0 Å². The highest BCUT2D eigenvalue weighted by molar-refractivity contribution is 7.08. The largest absolute Gasteiger partial charge is 0.351 e. The van der Waals surface area contributed by atoms with Crippen molar-refractivity contribution in [1.29, 1.82) is 0 Å². The fourth-order valence-corrected chi connectivity index (χ4v) is 3.28. The summed E-state index contributed by atoms with van der Waals surface area (Å²) in [5.74, 6) is 0.971. The predicted molar refractivity (Wildman–Crippen MR) is 69.3 cm³/mol. The fraction of sp³-hybridized carbons (Fsp3) is 0.583. The maximum atomic E-state index is 4.73. The smallest absolute Gasteiger partial charge is 0.196 e. The number of anilines is 1. The molecule has 2 atom stereocenters. The SMILES string of the molecule is Cc1cscc1NC1=N[C@@H]2CCCCC2N1. The topological polar surface area (TPSA) is 36.4 Å². The van der Waals surface area contributed by atoms with Crippen molar-refractivity contribution in [2.75, 3.05) is 5.32 Å². The number of fused-ring (bicyclic) bond motifs is 1. The second-order valence-electron chi connectivity index (χ2n) is 4.67. The molecule has 1 aromatic heterocycles. The van der Waals surface area contributed by atoms with Crippen LogP contribution in [-0.2, 0) is 0 Å². The normalized spacial score (nSPS) is 28.2. The molecule has 4 heteroatoms. The van der Waals surface area contributed by atoms with Crippen LogP contribution in [0.3, 0.4) is 0 Å². The van der Waals surface area contributed by atoms with Gasteiger partial charge in [0, 0.05) is 5.38 Å². The van der Waals surface area contributed by atoms with Gasteiger partial charge in [0.25, 0.3) is 0 Å². The first-order chi connectivity index (χ1) is 7.83. The number of nitrogens with zero attached hydrogens (tertiary/aromatic N) is 1. The molecule has 86 valence electrons. The monoisotopic (exact) mass is 235 g/mol. The Bertz CT molecular complexity index is 410. The maximum absolute atomic E-state index is 4.73. The summed E-state index contributed by atoms with van der Waals surface area (Å²) in [7, 11) is 0. The van der Waals surface area contributed by atoms with Crippen molar-refractivity contribution in [1.82, 2.24) is 5.32 Å². The number of hydrogen-bond donors (Lipinski definition) is 2. The molecule has 0 aromatic carbocycles. The second kappa shape index (κ2) is 4.09. The zero-order chi connectivity index (χ0) is 11.0. The van der Waals surface area contributed by atoms with Crippen LogP contribution in [0.1, 0.15) is 31.2 Å². The van der Waals surface area contributed by atoms with Crippen LogP contribution in [0, 0.1) is 6.92 Å². The third-order valence-electron chi connectivity index (χ3n) is 3.46. The summed E-state index contributed by atoms with van der Waals surface area (Å²) in [4.78, 5) is 4.73. The molecule has 0 bridgehead atoms. The number of aryl methyl sites for hydroxylation is 1. The van der Waals surface area contributed by atoms with E-state index < -0.39 is 0 Å². The van der Waals surface area contributed by atoms with Crippen molar-refractivity contribution < 1.29 is 0 Å². The zero-order valence-corrected chi connectivity index (χ0v) is 10.3. The molecule has 1 aliphatic heterocycles. The van der Waals surface area contributed by atoms with Gasteiger partial charge in [-0.2, -0.15) is 0 Å². The lowest BCUT2D eigenvalue weighted by molar-refractivity contribution is 0.384. The van der Waals surface area contributed by atoms with Gasteiger partial charge in [0.15, 0.2) is 5.96 Å². The molecule has 1 unspecified atom stereocenters. The van der Waals surface area contributed by atoms with Crippen molar-refractivity contribution in [2.24, 2.45) is 4.99 Å². The maximum Gasteiger partial charge on any atom is 0.196 e. The molecule has 1 aromatic rings. The molecule has 2 aliphatic rings. The van der Waals surface area contributed by atoms with E-state index >= 15 is 0 Å². The van der Waals surface area contributed by atoms with Gasteiger partial charge in [0.2, 0.25) is 0 Å². The van der Waals surface area contributed by atoms with E-state index in [1.165, 1.54) is 36.9 Å². The highest BCUT2D eigenvalue weighted by Crippen LogP contribution is 2.26. The number of hydrogen-bond acceptors (Lipinski definition) is 4. The van der Waals surface area contributed by atoms with Crippen molar-refractivity contribution in [3.63, 3.8) is 0 Å². The van der Waals surface area contributed by atoms with E-state index in [1.54, 1.807) is 11.3 Å². The Labute approximate surface area is 100.0 Å². The third kappa shape index (κ3) is 1.82. The van der Waals surface area contributed by atoms with Crippen molar-refractivity contribution in [3.05, 3.63) is 16.3 Å². The van der Waals surface area contributed by atoms with Gasteiger partial charge in [-0.15, -0.1) is 11.3 Å². The quantitative estimate of drug-likeness (QED) is 0.785. The summed E-state index contributed by atoms with van der Waals surface area (Å²) < 4.78 is 0. The third-order valence-corrected chi connectivity index (χ3v) is 4.32. The van der Waals surface area contributed by atoms with Gasteiger partial charge in [-0.3, -0.25) is 0 Å². The van der Waals surface area contributed by atoms with Gasteiger partial charge in [0.1, 0.15) is 0 Å². The number of rotatable bonds is 1. The van der Waals surface area contributed by atoms with Gasteiger partial charge in [-0.05, 0) is 30.7 Å². The van der Waals surface area contributed by atoms with Crippen LogP contribution in [0.5, 0.6) is 0 Å². The van der Waals surface area contributed by atoms with Crippen LogP contribution in [0.2, 0.25) is 0 Å². The molecule has 3 rings (SSSR count). The van der Waals surface area contributed by atoms with Crippen LogP contribution in [0.25, 0.3) is 0 Å². The Hall–Kier alpha value is -1.03. The highest BCUT2D eigenvalue weighted by atomic mass is 32.1. The number of guanidine groups is 1. The molecule has 0 radical (unpaired) electrons. The molecule has 1 fully saturated rings. The number of aliphatic imine (C=N–C) groups is 1. The molecule has 0 saturated heterocycles. The Morgan fingerprint density at radius 3 is 3.00 bits per heavy atom. The molecular formula is C12H17N3S. The average molecular weight is 235 g/mol. The molecule has 2 N–H and O–H groups in total. The van der Waals surface area contributed by atoms with E-state index in [-0.39, 0.29) is 0 Å². The molecule has 1 saturated carbocycles. The van der Waals surface area contributed by atoms with Gasteiger partial charge in [-0.1, -0.05) is 12.8 Å². The van der Waals surface area contributed by atoms with Gasteiger partial charge >= 0.3 is 0 Å². The Morgan fingerprint density at radius 2 is 2.25 bits per heavy atom. The minimum Gasteiger partial charge on any atom is -0.351 e. The summed E-state index contributed by atoms with van der Waals surface area (Å²) in [6, 6.07) is 1.09. The molecule has 1 aliphatic carbocycles. The van der Waals surface area contributed by atoms with Crippen LogP contribution < -0.4 is 10.6 Å². The summed E-state index contributed by atoms with van der Waals surface area (Å²) in [5, 5.41) is 11.2. The van der Waals surface area contributed by atoms with E-state index in [9.17, 15) is 0 Å². The fourth-order valence-electron chi connectivity index (χ4n) is 2.50. The Balaban J connectivity index is 1.71. The van der Waals surface area contributed by atoms with E-state index in [4.69, 9.17) is 4.99 Å². The van der Waals surface area contributed by atoms with Crippen LogP contribution in [0.4, 0.5) is 5.69 Å². The zero-order valence-electron chi connectivity index (χ0n) is 9.49. The second-order valence-corrected chi connectivity index (χ2v) is 5.42. The predicted octanol–water partition coefficient (Wildman–Crippen LogP) is 2.74. The average Bonchev–Trinajstić information content (AvgIpc) is 2.85. The van der Waals surface area contributed by atoms with Crippen LogP contribution >= 0.6 is 11.3 Å². The molecule has 16 heavy (non-hydrogen) atoms. The Morgan fingerprint density at radius 1 is 1.38 bits per heavy atom. The molecular weight excluding hydrogens is 218 g/mol. The number of nitrogens with one attached hydrogen (secondary N) is 2. The van der Waals surface area contributed by atoms with Crippen LogP contribution in [0.15, 0.2) is 15.8 Å². The molecule has 2 heterocycles. The number of thiophene rings is 1. The van der Waals surface area contributed by atoms with Crippen molar-refractivity contribution in [2.45, 2.75) is 44.7 Å². The summed E-state index contributed by atoms with van der Waals surface area (Å²) in [5.41, 5.74) is 2.49. The van der Waals surface area contributed by atoms with Gasteiger partial charge in [0.05, 0.1) is 17.8 Å². The van der Waals surface area contributed by atoms with Crippen molar-refractivity contribution in [3.8, 4) is 0 Å². The minimum atomic E-state index is 0.509. The lowest BCUT2D eigenvalue weighted by atomic mass is 9.92. The molecule has 3 nitrogen and oxygen atoms in total. The first-order valence-electron chi connectivity index (χ1n) is 5.97. The van der Waals surface area contributed by atoms with Crippen molar-refractivity contribution >= 4 is 23.0 Å². The van der Waals surface area contributed by atoms with E-state index in [2.05, 4.69) is 28.3 Å². The molecule has 0 amide bonds. The first kappa shape index (κ1) is 10.1. The van der Waals surface area contributed by atoms with Crippen LogP contribution in [-0.4, -0.2) is 18.0 Å². The van der Waals surface area contributed by atoms with Gasteiger partial charge in [-0.25, -0.2) is 4.99 Å². The summed E-state index contributed by atoms with van der Waals surface area (Å²) in [6.45, 7) is 2.13. The van der Waals surface area contributed by atoms with E-state index in [0.717, 1.165) is 5.96 Å². The lowest BCUT2D eigenvalue weighted by Gasteiger charge is -2.23. The minimum absolute atomic E-state index is 0.509. The van der Waals surface area contributed by atoms with E-state index in [0.29, 0.717) is 12.1 Å². The standard InChI is InChI=1S/C12H17N3S/c1-8-6-16-7-11(8)15-12-13-9-4-2-3-5-10(9)14-12/h6-7,9-10H,2-5H2,1H3,(H2,13,14,15)/t9-,10?/m1/s1. The molecule has 0 spiro atoms. The Kier molecular flexibility index (Phi) is 2.59. The first-order valence-corrected chi connectivity index (χ1v) is 6.91.